The van der Waals surface area contributed by atoms with E-state index in [-0.39, 0.29) is 0 Å². The SMILES string of the molecule is CC(C)NCCSSCCN(C)C(C)C. The van der Waals surface area contributed by atoms with Crippen molar-refractivity contribution in [3.05, 3.63) is 0 Å². The van der Waals surface area contributed by atoms with E-state index in [1.807, 2.05) is 21.6 Å². The summed E-state index contributed by atoms with van der Waals surface area (Å²) in [5.74, 6) is 2.43. The van der Waals surface area contributed by atoms with Crippen LogP contribution in [0.4, 0.5) is 0 Å². The first-order chi connectivity index (χ1) is 7.04. The van der Waals surface area contributed by atoms with E-state index in [1.165, 1.54) is 18.1 Å². The molecule has 0 bridgehead atoms. The number of nitrogens with zero attached hydrogens (tertiary/aromatic N) is 1. The van der Waals surface area contributed by atoms with E-state index >= 15 is 0 Å². The zero-order valence-electron chi connectivity index (χ0n) is 10.7. The summed E-state index contributed by atoms with van der Waals surface area (Å²) < 4.78 is 0. The summed E-state index contributed by atoms with van der Waals surface area (Å²) in [6.45, 7) is 11.2. The summed E-state index contributed by atoms with van der Waals surface area (Å²) in [4.78, 5) is 2.39. The maximum Gasteiger partial charge on any atom is 0.0165 e. The molecule has 0 aromatic rings. The van der Waals surface area contributed by atoms with Crippen LogP contribution in [0.2, 0.25) is 0 Å². The lowest BCUT2D eigenvalue weighted by Gasteiger charge is -2.20. The minimum Gasteiger partial charge on any atom is -0.314 e. The van der Waals surface area contributed by atoms with Crippen molar-refractivity contribution in [1.29, 1.82) is 0 Å². The highest BCUT2D eigenvalue weighted by atomic mass is 33.1. The first-order valence-electron chi connectivity index (χ1n) is 5.72. The van der Waals surface area contributed by atoms with Gasteiger partial charge in [-0.05, 0) is 20.9 Å². The lowest BCUT2D eigenvalue weighted by atomic mass is 10.3. The summed E-state index contributed by atoms with van der Waals surface area (Å²) in [7, 11) is 6.15. The van der Waals surface area contributed by atoms with Gasteiger partial charge in [0.2, 0.25) is 0 Å². The maximum absolute atomic E-state index is 3.42. The quantitative estimate of drug-likeness (QED) is 0.500. The highest BCUT2D eigenvalue weighted by Crippen LogP contribution is 2.20. The van der Waals surface area contributed by atoms with Crippen molar-refractivity contribution < 1.29 is 0 Å². The van der Waals surface area contributed by atoms with Crippen LogP contribution in [-0.2, 0) is 0 Å². The highest BCUT2D eigenvalue weighted by molar-refractivity contribution is 8.76. The van der Waals surface area contributed by atoms with Gasteiger partial charge in [0.15, 0.2) is 0 Å². The first kappa shape index (κ1) is 15.6. The molecule has 15 heavy (non-hydrogen) atoms. The summed E-state index contributed by atoms with van der Waals surface area (Å²) >= 11 is 0. The molecule has 0 fully saturated rings. The van der Waals surface area contributed by atoms with Crippen LogP contribution in [0.3, 0.4) is 0 Å². The molecule has 2 nitrogen and oxygen atoms in total. The molecule has 0 unspecified atom stereocenters. The van der Waals surface area contributed by atoms with Gasteiger partial charge in [-0.1, -0.05) is 35.4 Å². The highest BCUT2D eigenvalue weighted by Gasteiger charge is 2.02. The van der Waals surface area contributed by atoms with E-state index in [9.17, 15) is 0 Å². The lowest BCUT2D eigenvalue weighted by molar-refractivity contribution is 0.291. The molecule has 0 rings (SSSR count). The molecule has 0 aliphatic heterocycles. The fourth-order valence-corrected chi connectivity index (χ4v) is 2.93. The first-order valence-corrected chi connectivity index (χ1v) is 8.21. The molecule has 4 heteroatoms. The Labute approximate surface area is 103 Å². The Morgan fingerprint density at radius 3 is 2.20 bits per heavy atom. The third kappa shape index (κ3) is 10.9. The van der Waals surface area contributed by atoms with E-state index < -0.39 is 0 Å². The average Bonchev–Trinajstić information content (AvgIpc) is 2.15. The summed E-state index contributed by atoms with van der Waals surface area (Å²) in [6, 6.07) is 1.28. The third-order valence-corrected chi connectivity index (χ3v) is 4.62. The van der Waals surface area contributed by atoms with Crippen molar-refractivity contribution in [2.75, 3.05) is 31.6 Å². The molecule has 0 aromatic carbocycles. The Morgan fingerprint density at radius 2 is 1.67 bits per heavy atom. The standard InChI is InChI=1S/C11H26N2S2/c1-10(2)12-6-8-14-15-9-7-13(5)11(3)4/h10-12H,6-9H2,1-5H3. The van der Waals surface area contributed by atoms with Crippen molar-refractivity contribution >= 4 is 21.6 Å². The number of hydrogen-bond donors (Lipinski definition) is 1. The van der Waals surface area contributed by atoms with Crippen LogP contribution < -0.4 is 5.32 Å². The Kier molecular flexibility index (Phi) is 10.2. The number of rotatable bonds is 9. The van der Waals surface area contributed by atoms with E-state index in [0.29, 0.717) is 12.1 Å². The second-order valence-electron chi connectivity index (χ2n) is 4.33. The van der Waals surface area contributed by atoms with Gasteiger partial charge in [-0.3, -0.25) is 0 Å². The minimum absolute atomic E-state index is 0.614. The molecule has 0 aliphatic rings. The van der Waals surface area contributed by atoms with Gasteiger partial charge in [-0.2, -0.15) is 0 Å². The molecular weight excluding hydrogens is 224 g/mol. The normalized spacial score (nSPS) is 12.0. The summed E-state index contributed by atoms with van der Waals surface area (Å²) in [6.07, 6.45) is 0. The smallest absolute Gasteiger partial charge is 0.0165 e. The van der Waals surface area contributed by atoms with Crippen molar-refractivity contribution in [2.24, 2.45) is 0 Å². The van der Waals surface area contributed by atoms with Crippen LogP contribution in [0.25, 0.3) is 0 Å². The largest absolute Gasteiger partial charge is 0.314 e. The van der Waals surface area contributed by atoms with Gasteiger partial charge in [0.25, 0.3) is 0 Å². The van der Waals surface area contributed by atoms with Gasteiger partial charge in [-0.25, -0.2) is 0 Å². The van der Waals surface area contributed by atoms with Crippen LogP contribution >= 0.6 is 21.6 Å². The zero-order valence-corrected chi connectivity index (χ0v) is 12.4. The van der Waals surface area contributed by atoms with Crippen LogP contribution in [-0.4, -0.2) is 48.6 Å². The predicted molar refractivity (Wildman–Crippen MR) is 75.8 cm³/mol. The van der Waals surface area contributed by atoms with Gasteiger partial charge in [-0.15, -0.1) is 0 Å². The molecule has 92 valence electrons. The van der Waals surface area contributed by atoms with Gasteiger partial charge in [0, 0.05) is 36.7 Å². The Hall–Kier alpha value is 0.620. The van der Waals surface area contributed by atoms with E-state index in [0.717, 1.165) is 6.54 Å². The average molecular weight is 250 g/mol. The van der Waals surface area contributed by atoms with Crippen LogP contribution in [0.15, 0.2) is 0 Å². The topological polar surface area (TPSA) is 15.3 Å². The van der Waals surface area contributed by atoms with Crippen molar-refractivity contribution in [3.8, 4) is 0 Å². The van der Waals surface area contributed by atoms with Crippen LogP contribution in [0.5, 0.6) is 0 Å². The lowest BCUT2D eigenvalue weighted by Crippen LogP contribution is -2.28. The van der Waals surface area contributed by atoms with Crippen LogP contribution in [0.1, 0.15) is 27.7 Å². The monoisotopic (exact) mass is 250 g/mol. The molecule has 0 atom stereocenters. The second-order valence-corrected chi connectivity index (χ2v) is 7.03. The number of nitrogens with one attached hydrogen (secondary N) is 1. The summed E-state index contributed by atoms with van der Waals surface area (Å²) in [5.41, 5.74) is 0. The van der Waals surface area contributed by atoms with Crippen molar-refractivity contribution in [1.82, 2.24) is 10.2 Å². The van der Waals surface area contributed by atoms with E-state index in [4.69, 9.17) is 0 Å². The molecular formula is C11H26N2S2. The van der Waals surface area contributed by atoms with Gasteiger partial charge in [0.05, 0.1) is 0 Å². The molecule has 0 heterocycles. The third-order valence-electron chi connectivity index (χ3n) is 2.23. The van der Waals surface area contributed by atoms with Crippen molar-refractivity contribution in [2.45, 2.75) is 39.8 Å². The molecule has 0 radical (unpaired) electrons. The zero-order chi connectivity index (χ0) is 11.7. The van der Waals surface area contributed by atoms with Gasteiger partial charge >= 0.3 is 0 Å². The summed E-state index contributed by atoms with van der Waals surface area (Å²) in [5, 5.41) is 3.42. The number of hydrogen-bond acceptors (Lipinski definition) is 4. The molecule has 0 spiro atoms. The molecule has 0 aliphatic carbocycles. The van der Waals surface area contributed by atoms with E-state index in [2.05, 4.69) is 45.0 Å². The Balaban J connectivity index is 3.11. The molecule has 0 amide bonds. The van der Waals surface area contributed by atoms with Gasteiger partial charge in [0.1, 0.15) is 0 Å². The van der Waals surface area contributed by atoms with Gasteiger partial charge < -0.3 is 10.2 Å². The molecule has 0 saturated heterocycles. The van der Waals surface area contributed by atoms with E-state index in [1.54, 1.807) is 0 Å². The molecule has 1 N–H and O–H groups in total. The fourth-order valence-electron chi connectivity index (χ4n) is 0.947. The van der Waals surface area contributed by atoms with Crippen molar-refractivity contribution in [3.63, 3.8) is 0 Å². The van der Waals surface area contributed by atoms with Crippen LogP contribution in [0, 0.1) is 0 Å². The maximum atomic E-state index is 3.42. The Bertz CT molecular complexity index is 141. The minimum atomic E-state index is 0.614. The Morgan fingerprint density at radius 1 is 1.07 bits per heavy atom. The predicted octanol–water partition coefficient (Wildman–Crippen LogP) is 2.71. The second kappa shape index (κ2) is 9.82. The molecule has 0 aromatic heterocycles. The molecule has 0 saturated carbocycles. The fraction of sp³-hybridized carbons (Fsp3) is 1.00.